The van der Waals surface area contributed by atoms with Gasteiger partial charge in [-0.1, -0.05) is 30.3 Å². The minimum Gasteiger partial charge on any atom is -0.376 e. The number of ether oxygens (including phenoxy) is 1. The first-order chi connectivity index (χ1) is 16.6. The van der Waals surface area contributed by atoms with Crippen LogP contribution in [0.15, 0.2) is 48.5 Å². The number of hydrogen-bond donors (Lipinski definition) is 0. The normalized spacial score (nSPS) is 22.9. The fourth-order valence-corrected chi connectivity index (χ4v) is 5.69. The van der Waals surface area contributed by atoms with E-state index in [1.165, 1.54) is 5.56 Å². The highest BCUT2D eigenvalue weighted by atomic mass is 19.2. The van der Waals surface area contributed by atoms with Gasteiger partial charge in [0.2, 0.25) is 0 Å². The Morgan fingerprint density at radius 3 is 2.53 bits per heavy atom. The number of carbonyl (C=O) groups is 1. The van der Waals surface area contributed by atoms with E-state index >= 15 is 0 Å². The van der Waals surface area contributed by atoms with Crippen LogP contribution in [0, 0.1) is 23.5 Å². The first kappa shape index (κ1) is 22.9. The molecule has 4 nitrogen and oxygen atoms in total. The molecule has 6 heteroatoms. The standard InChI is InChI=1S/C28H30F2N2O2/c29-24-14-22-13-23(16-33)28(31-26(22)15-25(24)30)32-12-4-7-27(32)21-10-8-20(9-11-21)18-34-17-19-5-2-1-3-6-19/h1-3,5-6,13-16,20-21,27H,4,7-12,17-18H2. The van der Waals surface area contributed by atoms with Gasteiger partial charge in [0.25, 0.3) is 0 Å². The molecule has 1 aliphatic heterocycles. The summed E-state index contributed by atoms with van der Waals surface area (Å²) in [5.41, 5.74) is 2.02. The van der Waals surface area contributed by atoms with Gasteiger partial charge in [0.15, 0.2) is 17.9 Å². The van der Waals surface area contributed by atoms with Crippen molar-refractivity contribution in [2.45, 2.75) is 51.2 Å². The van der Waals surface area contributed by atoms with Gasteiger partial charge >= 0.3 is 0 Å². The Bertz CT molecular complexity index is 1150. The fraction of sp³-hybridized carbons (Fsp3) is 0.429. The molecule has 0 amide bonds. The predicted molar refractivity (Wildman–Crippen MR) is 129 cm³/mol. The average molecular weight is 465 g/mol. The van der Waals surface area contributed by atoms with Crippen LogP contribution in [0.5, 0.6) is 0 Å². The molecule has 2 aliphatic rings. The molecule has 1 atom stereocenters. The SMILES string of the molecule is O=Cc1cc2cc(F)c(F)cc2nc1N1CCCC1C1CCC(COCc2ccccc2)CC1. The van der Waals surface area contributed by atoms with Crippen molar-refractivity contribution in [3.05, 3.63) is 71.3 Å². The van der Waals surface area contributed by atoms with Gasteiger partial charge in [-0.25, -0.2) is 13.8 Å². The van der Waals surface area contributed by atoms with Crippen LogP contribution in [0.2, 0.25) is 0 Å². The van der Waals surface area contributed by atoms with Crippen molar-refractivity contribution in [2.24, 2.45) is 11.8 Å². The van der Waals surface area contributed by atoms with E-state index in [4.69, 9.17) is 4.74 Å². The van der Waals surface area contributed by atoms with Gasteiger partial charge in [-0.2, -0.15) is 0 Å². The number of aldehydes is 1. The molecule has 0 N–H and O–H groups in total. The van der Waals surface area contributed by atoms with Crippen molar-refractivity contribution in [2.75, 3.05) is 18.1 Å². The van der Waals surface area contributed by atoms with Crippen molar-refractivity contribution in [3.8, 4) is 0 Å². The van der Waals surface area contributed by atoms with E-state index in [1.807, 2.05) is 18.2 Å². The number of rotatable bonds is 7. The Morgan fingerprint density at radius 1 is 1.00 bits per heavy atom. The van der Waals surface area contributed by atoms with Gasteiger partial charge in [-0.3, -0.25) is 4.79 Å². The first-order valence-electron chi connectivity index (χ1n) is 12.3. The summed E-state index contributed by atoms with van der Waals surface area (Å²) in [4.78, 5) is 18.7. The molecule has 2 fully saturated rings. The molecule has 2 aromatic carbocycles. The van der Waals surface area contributed by atoms with Crippen molar-refractivity contribution in [1.82, 2.24) is 4.98 Å². The zero-order valence-electron chi connectivity index (χ0n) is 19.3. The second-order valence-electron chi connectivity index (χ2n) is 9.66. The molecular formula is C28H30F2N2O2. The van der Waals surface area contributed by atoms with Crippen molar-refractivity contribution < 1.29 is 18.3 Å². The van der Waals surface area contributed by atoms with Gasteiger partial charge in [-0.05, 0) is 68.1 Å². The highest BCUT2D eigenvalue weighted by Gasteiger charge is 2.36. The van der Waals surface area contributed by atoms with E-state index in [9.17, 15) is 13.6 Å². The van der Waals surface area contributed by atoms with Crippen LogP contribution in [0.25, 0.3) is 10.9 Å². The largest absolute Gasteiger partial charge is 0.376 e. The van der Waals surface area contributed by atoms with Crippen LogP contribution in [0.1, 0.15) is 54.4 Å². The van der Waals surface area contributed by atoms with Crippen molar-refractivity contribution in [3.63, 3.8) is 0 Å². The molecule has 2 heterocycles. The van der Waals surface area contributed by atoms with E-state index in [2.05, 4.69) is 22.0 Å². The van der Waals surface area contributed by atoms with Crippen LogP contribution < -0.4 is 4.90 Å². The number of aromatic nitrogens is 1. The summed E-state index contributed by atoms with van der Waals surface area (Å²) in [7, 11) is 0. The molecule has 1 aromatic heterocycles. The van der Waals surface area contributed by atoms with Gasteiger partial charge < -0.3 is 9.64 Å². The third kappa shape index (κ3) is 4.83. The first-order valence-corrected chi connectivity index (χ1v) is 12.3. The van der Waals surface area contributed by atoms with Crippen LogP contribution in [0.4, 0.5) is 14.6 Å². The number of hydrogen-bond acceptors (Lipinski definition) is 4. The monoisotopic (exact) mass is 464 g/mol. The number of halogens is 2. The summed E-state index contributed by atoms with van der Waals surface area (Å²) < 4.78 is 33.5. The molecule has 178 valence electrons. The third-order valence-electron chi connectivity index (χ3n) is 7.46. The van der Waals surface area contributed by atoms with E-state index in [1.54, 1.807) is 6.07 Å². The summed E-state index contributed by atoms with van der Waals surface area (Å²) in [6.07, 6.45) is 7.42. The second kappa shape index (κ2) is 10.2. The molecule has 1 unspecified atom stereocenters. The summed E-state index contributed by atoms with van der Waals surface area (Å²) in [6.45, 7) is 2.28. The summed E-state index contributed by atoms with van der Waals surface area (Å²) in [5, 5.41) is 0.441. The summed E-state index contributed by atoms with van der Waals surface area (Å²) in [6, 6.07) is 14.4. The Kier molecular flexibility index (Phi) is 6.86. The van der Waals surface area contributed by atoms with Gasteiger partial charge in [0.1, 0.15) is 5.82 Å². The molecule has 1 saturated carbocycles. The molecule has 0 radical (unpaired) electrons. The number of carbonyl (C=O) groups excluding carboxylic acids is 1. The molecular weight excluding hydrogens is 434 g/mol. The van der Waals surface area contributed by atoms with Crippen molar-refractivity contribution in [1.29, 1.82) is 0 Å². The third-order valence-corrected chi connectivity index (χ3v) is 7.46. The van der Waals surface area contributed by atoms with Gasteiger partial charge in [0.05, 0.1) is 17.7 Å². The molecule has 1 aliphatic carbocycles. The lowest BCUT2D eigenvalue weighted by molar-refractivity contribution is 0.0649. The topological polar surface area (TPSA) is 42.4 Å². The maximum absolute atomic E-state index is 13.8. The molecule has 3 aromatic rings. The van der Waals surface area contributed by atoms with E-state index in [0.29, 0.717) is 46.8 Å². The van der Waals surface area contributed by atoms with Crippen LogP contribution in [-0.4, -0.2) is 30.5 Å². The maximum atomic E-state index is 13.8. The smallest absolute Gasteiger partial charge is 0.161 e. The van der Waals surface area contributed by atoms with Gasteiger partial charge in [-0.15, -0.1) is 0 Å². The minimum atomic E-state index is -0.928. The lowest BCUT2D eigenvalue weighted by Crippen LogP contribution is -2.39. The highest BCUT2D eigenvalue weighted by molar-refractivity contribution is 5.92. The zero-order valence-corrected chi connectivity index (χ0v) is 19.3. The summed E-state index contributed by atoms with van der Waals surface area (Å²) >= 11 is 0. The Labute approximate surface area is 198 Å². The second-order valence-corrected chi connectivity index (χ2v) is 9.66. The highest BCUT2D eigenvalue weighted by Crippen LogP contribution is 2.39. The van der Waals surface area contributed by atoms with Crippen LogP contribution >= 0.6 is 0 Å². The molecule has 1 saturated heterocycles. The number of nitrogens with zero attached hydrogens (tertiary/aromatic N) is 2. The molecule has 34 heavy (non-hydrogen) atoms. The Hall–Kier alpha value is -2.86. The number of anilines is 1. The maximum Gasteiger partial charge on any atom is 0.161 e. The lowest BCUT2D eigenvalue weighted by Gasteiger charge is -2.37. The van der Waals surface area contributed by atoms with Gasteiger partial charge in [0, 0.05) is 30.6 Å². The van der Waals surface area contributed by atoms with E-state index < -0.39 is 11.6 Å². The zero-order chi connectivity index (χ0) is 23.5. The molecule has 0 spiro atoms. The minimum absolute atomic E-state index is 0.320. The van der Waals surface area contributed by atoms with Crippen LogP contribution in [0.3, 0.4) is 0 Å². The van der Waals surface area contributed by atoms with Crippen molar-refractivity contribution >= 4 is 23.0 Å². The van der Waals surface area contributed by atoms with Crippen LogP contribution in [-0.2, 0) is 11.3 Å². The quantitative estimate of drug-likeness (QED) is 0.384. The number of pyridine rings is 1. The summed E-state index contributed by atoms with van der Waals surface area (Å²) in [5.74, 6) is -0.130. The Balaban J connectivity index is 1.24. The molecule has 5 rings (SSSR count). The Morgan fingerprint density at radius 2 is 1.76 bits per heavy atom. The molecule has 0 bridgehead atoms. The number of benzene rings is 2. The fourth-order valence-electron chi connectivity index (χ4n) is 5.69. The van der Waals surface area contributed by atoms with E-state index in [-0.39, 0.29) is 0 Å². The number of fused-ring (bicyclic) bond motifs is 1. The lowest BCUT2D eigenvalue weighted by atomic mass is 9.78. The van der Waals surface area contributed by atoms with E-state index in [0.717, 1.165) is 70.1 Å². The average Bonchev–Trinajstić information content (AvgIpc) is 3.35. The predicted octanol–water partition coefficient (Wildman–Crippen LogP) is 6.32.